The van der Waals surface area contributed by atoms with Gasteiger partial charge in [0.05, 0.1) is 0 Å². The zero-order chi connectivity index (χ0) is 9.45. The van der Waals surface area contributed by atoms with Gasteiger partial charge in [-0.2, -0.15) is 13.2 Å². The molecule has 0 radical (unpaired) electrons. The average molecular weight is 313 g/mol. The van der Waals surface area contributed by atoms with Crippen molar-refractivity contribution in [3.63, 3.8) is 0 Å². The molecule has 0 aliphatic heterocycles. The Labute approximate surface area is 88.0 Å². The van der Waals surface area contributed by atoms with Gasteiger partial charge in [0, 0.05) is 16.7 Å². The fraction of sp³-hybridized carbons (Fsp3) is 1.00. The first-order valence-corrected chi connectivity index (χ1v) is 6.05. The number of halogens is 4. The van der Waals surface area contributed by atoms with Crippen LogP contribution >= 0.6 is 34.4 Å². The molecule has 0 aliphatic rings. The van der Waals surface area contributed by atoms with Gasteiger partial charge in [-0.3, -0.25) is 0 Å². The maximum Gasteiger partial charge on any atom is 0.441 e. The van der Waals surface area contributed by atoms with Crippen molar-refractivity contribution in [2.45, 2.75) is 11.9 Å². The molecule has 0 rings (SSSR count). The number of hydrogen-bond acceptors (Lipinski definition) is 2. The molecule has 0 saturated heterocycles. The van der Waals surface area contributed by atoms with Gasteiger partial charge in [0.25, 0.3) is 0 Å². The molecule has 0 aliphatic carbocycles. The van der Waals surface area contributed by atoms with Crippen LogP contribution in [-0.4, -0.2) is 28.8 Å². The molecule has 0 heterocycles. The van der Waals surface area contributed by atoms with Crippen LogP contribution in [0.1, 0.15) is 6.42 Å². The van der Waals surface area contributed by atoms with Crippen LogP contribution in [-0.2, 0) is 0 Å². The van der Waals surface area contributed by atoms with Crippen LogP contribution in [0.15, 0.2) is 0 Å². The molecule has 1 N–H and O–H groups in total. The fourth-order valence-corrected chi connectivity index (χ4v) is 1.41. The van der Waals surface area contributed by atoms with Gasteiger partial charge in [-0.15, -0.1) is 0 Å². The Balaban J connectivity index is 3.01. The fourth-order valence-electron chi connectivity index (χ4n) is 0.556. The first-order chi connectivity index (χ1) is 5.56. The zero-order valence-corrected chi connectivity index (χ0v) is 9.43. The van der Waals surface area contributed by atoms with Gasteiger partial charge in [0.15, 0.2) is 0 Å². The summed E-state index contributed by atoms with van der Waals surface area (Å²) in [4.78, 5) is 0. The van der Waals surface area contributed by atoms with E-state index >= 15 is 0 Å². The van der Waals surface area contributed by atoms with E-state index in [-0.39, 0.29) is 17.5 Å². The SMILES string of the molecule is FC(F)(F)SCCNCCCI. The van der Waals surface area contributed by atoms with Crippen molar-refractivity contribution >= 4 is 34.4 Å². The number of rotatable bonds is 6. The molecule has 0 unspecified atom stereocenters. The molecule has 0 aromatic carbocycles. The highest BCUT2D eigenvalue weighted by molar-refractivity contribution is 14.1. The Morgan fingerprint density at radius 2 is 1.92 bits per heavy atom. The van der Waals surface area contributed by atoms with E-state index in [9.17, 15) is 13.2 Å². The van der Waals surface area contributed by atoms with Gasteiger partial charge in [0.2, 0.25) is 0 Å². The normalized spacial score (nSPS) is 12.0. The molecule has 0 amide bonds. The highest BCUT2D eigenvalue weighted by atomic mass is 127. The van der Waals surface area contributed by atoms with E-state index in [4.69, 9.17) is 0 Å². The Hall–Kier alpha value is 0.830. The third kappa shape index (κ3) is 10.8. The molecular weight excluding hydrogens is 302 g/mol. The van der Waals surface area contributed by atoms with Crippen LogP contribution in [0.4, 0.5) is 13.2 Å². The molecule has 0 spiro atoms. The maximum absolute atomic E-state index is 11.6. The molecule has 0 aromatic heterocycles. The second-order valence-corrected chi connectivity index (χ2v) is 4.33. The first kappa shape index (κ1) is 12.8. The molecule has 6 heteroatoms. The van der Waals surface area contributed by atoms with Crippen LogP contribution in [0.5, 0.6) is 0 Å². The Morgan fingerprint density at radius 3 is 2.42 bits per heavy atom. The van der Waals surface area contributed by atoms with Crippen molar-refractivity contribution in [3.05, 3.63) is 0 Å². The standard InChI is InChI=1S/C6H11F3INS/c7-6(8,9)12-5-4-11-3-1-2-10/h11H,1-5H2. The summed E-state index contributed by atoms with van der Waals surface area (Å²) in [7, 11) is 0. The molecule has 0 atom stereocenters. The van der Waals surface area contributed by atoms with E-state index in [1.807, 2.05) is 0 Å². The molecule has 74 valence electrons. The quantitative estimate of drug-likeness (QED) is 0.460. The summed E-state index contributed by atoms with van der Waals surface area (Å²) in [5.74, 6) is 0.102. The Morgan fingerprint density at radius 1 is 1.25 bits per heavy atom. The zero-order valence-electron chi connectivity index (χ0n) is 6.46. The number of alkyl halides is 4. The van der Waals surface area contributed by atoms with Gasteiger partial charge in [0.1, 0.15) is 0 Å². The summed E-state index contributed by atoms with van der Waals surface area (Å²) in [5, 5.41) is 2.93. The number of thioether (sulfide) groups is 1. The summed E-state index contributed by atoms with van der Waals surface area (Å²) in [6.07, 6.45) is 1.01. The second-order valence-electron chi connectivity index (χ2n) is 2.09. The topological polar surface area (TPSA) is 12.0 Å². The Kier molecular flexibility index (Phi) is 7.76. The minimum absolute atomic E-state index is 0.0272. The van der Waals surface area contributed by atoms with E-state index in [0.29, 0.717) is 6.54 Å². The molecule has 1 nitrogen and oxygen atoms in total. The van der Waals surface area contributed by atoms with Crippen molar-refractivity contribution in [2.75, 3.05) is 23.3 Å². The molecule has 12 heavy (non-hydrogen) atoms. The van der Waals surface area contributed by atoms with Crippen molar-refractivity contribution in [3.8, 4) is 0 Å². The van der Waals surface area contributed by atoms with Crippen LogP contribution in [0.3, 0.4) is 0 Å². The van der Waals surface area contributed by atoms with E-state index < -0.39 is 5.51 Å². The first-order valence-electron chi connectivity index (χ1n) is 3.53. The largest absolute Gasteiger partial charge is 0.441 e. The van der Waals surface area contributed by atoms with Gasteiger partial charge in [-0.05, 0) is 24.7 Å². The minimum atomic E-state index is -4.08. The summed E-state index contributed by atoms with van der Waals surface area (Å²) in [6.45, 7) is 1.24. The van der Waals surface area contributed by atoms with Crippen molar-refractivity contribution < 1.29 is 13.2 Å². The van der Waals surface area contributed by atoms with Crippen molar-refractivity contribution in [2.24, 2.45) is 0 Å². The summed E-state index contributed by atoms with van der Waals surface area (Å²) >= 11 is 2.26. The monoisotopic (exact) mass is 313 g/mol. The molecule has 0 aromatic rings. The predicted molar refractivity (Wildman–Crippen MR) is 54.9 cm³/mol. The second kappa shape index (κ2) is 7.25. The average Bonchev–Trinajstić information content (AvgIpc) is 1.94. The van der Waals surface area contributed by atoms with Gasteiger partial charge in [-0.1, -0.05) is 22.6 Å². The smallest absolute Gasteiger partial charge is 0.316 e. The lowest BCUT2D eigenvalue weighted by Gasteiger charge is -2.05. The molecular formula is C6H11F3INS. The van der Waals surface area contributed by atoms with Gasteiger partial charge >= 0.3 is 5.51 Å². The highest BCUT2D eigenvalue weighted by Gasteiger charge is 2.27. The van der Waals surface area contributed by atoms with Crippen molar-refractivity contribution in [1.29, 1.82) is 0 Å². The van der Waals surface area contributed by atoms with Crippen molar-refractivity contribution in [1.82, 2.24) is 5.32 Å². The molecule has 0 fully saturated rings. The molecule has 0 bridgehead atoms. The van der Waals surface area contributed by atoms with Crippen LogP contribution in [0, 0.1) is 0 Å². The van der Waals surface area contributed by atoms with E-state index in [0.717, 1.165) is 17.4 Å². The lowest BCUT2D eigenvalue weighted by Crippen LogP contribution is -2.20. The third-order valence-electron chi connectivity index (χ3n) is 1.03. The van der Waals surface area contributed by atoms with E-state index in [1.54, 1.807) is 0 Å². The maximum atomic E-state index is 11.6. The minimum Gasteiger partial charge on any atom is -0.316 e. The number of nitrogens with one attached hydrogen (secondary N) is 1. The van der Waals surface area contributed by atoms with Gasteiger partial charge in [-0.25, -0.2) is 0 Å². The summed E-state index contributed by atoms with van der Waals surface area (Å²) in [6, 6.07) is 0. The number of hydrogen-bond donors (Lipinski definition) is 1. The van der Waals surface area contributed by atoms with Crippen LogP contribution < -0.4 is 5.32 Å². The summed E-state index contributed by atoms with van der Waals surface area (Å²) in [5.41, 5.74) is -4.08. The van der Waals surface area contributed by atoms with Crippen LogP contribution in [0.25, 0.3) is 0 Å². The highest BCUT2D eigenvalue weighted by Crippen LogP contribution is 2.29. The van der Waals surface area contributed by atoms with E-state index in [1.165, 1.54) is 0 Å². The van der Waals surface area contributed by atoms with Crippen LogP contribution in [0.2, 0.25) is 0 Å². The third-order valence-corrected chi connectivity index (χ3v) is 2.53. The summed E-state index contributed by atoms with van der Waals surface area (Å²) < 4.78 is 35.7. The Bertz CT molecular complexity index is 109. The van der Waals surface area contributed by atoms with E-state index in [2.05, 4.69) is 27.9 Å². The lowest BCUT2D eigenvalue weighted by molar-refractivity contribution is -0.0327. The predicted octanol–water partition coefficient (Wildman–Crippen LogP) is 2.65. The molecule has 0 saturated carbocycles. The lowest BCUT2D eigenvalue weighted by atomic mass is 10.5. The van der Waals surface area contributed by atoms with Gasteiger partial charge < -0.3 is 5.32 Å².